The summed E-state index contributed by atoms with van der Waals surface area (Å²) in [6, 6.07) is 0. The summed E-state index contributed by atoms with van der Waals surface area (Å²) < 4.78 is 0. The van der Waals surface area contributed by atoms with Crippen molar-refractivity contribution in [3.63, 3.8) is 0 Å². The molecule has 0 radical (unpaired) electrons. The zero-order valence-corrected chi connectivity index (χ0v) is 13.2. The van der Waals surface area contributed by atoms with Crippen LogP contribution < -0.4 is 0 Å². The summed E-state index contributed by atoms with van der Waals surface area (Å²) in [5.41, 5.74) is 0. The molecule has 19 heavy (non-hydrogen) atoms. The molecule has 0 saturated heterocycles. The van der Waals surface area contributed by atoms with Gasteiger partial charge in [-0.1, -0.05) is 71.1 Å². The summed E-state index contributed by atoms with van der Waals surface area (Å²) in [4.78, 5) is 0. The average molecular weight is 272 g/mol. The Labute approximate surface area is 120 Å². The Balaban J connectivity index is 3.13. The van der Waals surface area contributed by atoms with Gasteiger partial charge in [0.05, 0.1) is 12.2 Å². The van der Waals surface area contributed by atoms with Crippen LogP contribution in [0.25, 0.3) is 0 Å². The average Bonchev–Trinajstić information content (AvgIpc) is 2.37. The van der Waals surface area contributed by atoms with Crippen molar-refractivity contribution in [1.29, 1.82) is 0 Å². The molecule has 2 N–H and O–H groups in total. The van der Waals surface area contributed by atoms with Crippen LogP contribution in [0, 0.1) is 0 Å². The van der Waals surface area contributed by atoms with Crippen molar-refractivity contribution in [3.8, 4) is 0 Å². The maximum Gasteiger partial charge on any atom is 0.0540 e. The largest absolute Gasteiger partial charge is 0.393 e. The monoisotopic (exact) mass is 272 g/mol. The molecule has 0 saturated carbocycles. The Morgan fingerprint density at radius 3 is 1.58 bits per heavy atom. The molecular weight excluding hydrogens is 236 g/mol. The van der Waals surface area contributed by atoms with Crippen LogP contribution in [0.5, 0.6) is 0 Å². The van der Waals surface area contributed by atoms with E-state index in [0.717, 1.165) is 32.1 Å². The van der Waals surface area contributed by atoms with E-state index in [4.69, 9.17) is 5.11 Å². The quantitative estimate of drug-likeness (QED) is 0.445. The fourth-order valence-electron chi connectivity index (χ4n) is 2.48. The summed E-state index contributed by atoms with van der Waals surface area (Å²) >= 11 is 0. The minimum atomic E-state index is -0.190. The van der Waals surface area contributed by atoms with E-state index in [1.54, 1.807) is 0 Å². The van der Waals surface area contributed by atoms with Gasteiger partial charge in [-0.25, -0.2) is 0 Å². The molecule has 0 aromatic rings. The van der Waals surface area contributed by atoms with E-state index in [2.05, 4.69) is 6.92 Å². The van der Waals surface area contributed by atoms with E-state index < -0.39 is 0 Å². The molecule has 0 aliphatic rings. The van der Waals surface area contributed by atoms with Gasteiger partial charge in [0.2, 0.25) is 0 Å². The number of hydrogen-bond acceptors (Lipinski definition) is 2. The molecule has 0 spiro atoms. The molecule has 0 amide bonds. The molecule has 2 atom stereocenters. The summed E-state index contributed by atoms with van der Waals surface area (Å²) in [5.74, 6) is 0. The lowest BCUT2D eigenvalue weighted by molar-refractivity contribution is 0.141. The molecule has 0 rings (SSSR count). The fourth-order valence-corrected chi connectivity index (χ4v) is 2.48. The zero-order chi connectivity index (χ0) is 14.3. The lowest BCUT2D eigenvalue weighted by Gasteiger charge is -2.10. The van der Waals surface area contributed by atoms with E-state index in [1.807, 2.05) is 6.92 Å². The molecule has 2 unspecified atom stereocenters. The van der Waals surface area contributed by atoms with E-state index in [9.17, 15) is 5.11 Å². The van der Waals surface area contributed by atoms with Gasteiger partial charge in [-0.15, -0.1) is 0 Å². The molecule has 116 valence electrons. The first-order chi connectivity index (χ1) is 9.16. The first-order valence-electron chi connectivity index (χ1n) is 8.53. The second-order valence-electron chi connectivity index (χ2n) is 6.05. The predicted molar refractivity (Wildman–Crippen MR) is 83.4 cm³/mol. The van der Waals surface area contributed by atoms with Gasteiger partial charge in [-0.2, -0.15) is 0 Å². The van der Waals surface area contributed by atoms with Crippen LogP contribution in [0.4, 0.5) is 0 Å². The van der Waals surface area contributed by atoms with E-state index in [1.165, 1.54) is 51.4 Å². The van der Waals surface area contributed by atoms with Crippen LogP contribution in [-0.2, 0) is 0 Å². The molecule has 0 aliphatic heterocycles. The van der Waals surface area contributed by atoms with Gasteiger partial charge < -0.3 is 10.2 Å². The van der Waals surface area contributed by atoms with E-state index in [-0.39, 0.29) is 12.2 Å². The Bertz CT molecular complexity index is 169. The van der Waals surface area contributed by atoms with Crippen molar-refractivity contribution < 1.29 is 10.2 Å². The number of hydrogen-bond donors (Lipinski definition) is 2. The van der Waals surface area contributed by atoms with Gasteiger partial charge in [-0.05, 0) is 26.2 Å². The second-order valence-corrected chi connectivity index (χ2v) is 6.05. The first-order valence-corrected chi connectivity index (χ1v) is 8.53. The molecule has 0 aliphatic carbocycles. The van der Waals surface area contributed by atoms with Gasteiger partial charge >= 0.3 is 0 Å². The highest BCUT2D eigenvalue weighted by molar-refractivity contribution is 4.58. The second kappa shape index (κ2) is 14.3. The normalized spacial score (nSPS) is 14.5. The topological polar surface area (TPSA) is 40.5 Å². The Morgan fingerprint density at radius 1 is 0.632 bits per heavy atom. The number of rotatable bonds is 14. The lowest BCUT2D eigenvalue weighted by Crippen LogP contribution is -2.07. The summed E-state index contributed by atoms with van der Waals surface area (Å²) in [6.45, 7) is 4.08. The van der Waals surface area contributed by atoms with Crippen LogP contribution in [0.3, 0.4) is 0 Å². The van der Waals surface area contributed by atoms with Crippen LogP contribution in [-0.4, -0.2) is 22.4 Å². The van der Waals surface area contributed by atoms with Crippen molar-refractivity contribution >= 4 is 0 Å². The van der Waals surface area contributed by atoms with Crippen LogP contribution in [0.2, 0.25) is 0 Å². The van der Waals surface area contributed by atoms with Crippen LogP contribution in [0.1, 0.15) is 97.3 Å². The lowest BCUT2D eigenvalue weighted by atomic mass is 10.0. The third-order valence-electron chi connectivity index (χ3n) is 3.80. The van der Waals surface area contributed by atoms with E-state index in [0.29, 0.717) is 0 Å². The van der Waals surface area contributed by atoms with Gasteiger partial charge in [0, 0.05) is 0 Å². The minimum Gasteiger partial charge on any atom is -0.393 e. The van der Waals surface area contributed by atoms with Gasteiger partial charge in [-0.3, -0.25) is 0 Å². The van der Waals surface area contributed by atoms with Crippen molar-refractivity contribution in [2.45, 2.75) is 110 Å². The predicted octanol–water partition coefficient (Wildman–Crippen LogP) is 4.82. The maximum absolute atomic E-state index is 9.82. The molecule has 0 fully saturated rings. The van der Waals surface area contributed by atoms with Gasteiger partial charge in [0.15, 0.2) is 0 Å². The molecular formula is C17H36O2. The van der Waals surface area contributed by atoms with Gasteiger partial charge in [0.1, 0.15) is 0 Å². The Hall–Kier alpha value is -0.0800. The van der Waals surface area contributed by atoms with Crippen LogP contribution >= 0.6 is 0 Å². The summed E-state index contributed by atoms with van der Waals surface area (Å²) in [6.07, 6.45) is 15.1. The Kier molecular flexibility index (Phi) is 14.3. The molecule has 0 aromatic carbocycles. The fraction of sp³-hybridized carbons (Fsp3) is 1.00. The maximum atomic E-state index is 9.82. The number of aliphatic hydroxyl groups is 2. The Morgan fingerprint density at radius 2 is 1.05 bits per heavy atom. The first kappa shape index (κ1) is 18.9. The van der Waals surface area contributed by atoms with Crippen LogP contribution in [0.15, 0.2) is 0 Å². The third-order valence-corrected chi connectivity index (χ3v) is 3.80. The highest BCUT2D eigenvalue weighted by Gasteiger charge is 2.04. The highest BCUT2D eigenvalue weighted by atomic mass is 16.3. The molecule has 2 heteroatoms. The standard InChI is InChI=1S/C17H36O2/c1-3-4-5-6-7-8-9-10-14-17(19)15-12-11-13-16(2)18/h16-19H,3-15H2,1-2H3. The number of aliphatic hydroxyl groups excluding tert-OH is 2. The molecule has 0 aromatic heterocycles. The number of unbranched alkanes of at least 4 members (excludes halogenated alkanes) is 8. The highest BCUT2D eigenvalue weighted by Crippen LogP contribution is 2.13. The third kappa shape index (κ3) is 15.9. The van der Waals surface area contributed by atoms with Crippen molar-refractivity contribution in [1.82, 2.24) is 0 Å². The van der Waals surface area contributed by atoms with Crippen molar-refractivity contribution in [3.05, 3.63) is 0 Å². The molecule has 0 heterocycles. The molecule has 2 nitrogen and oxygen atoms in total. The van der Waals surface area contributed by atoms with E-state index >= 15 is 0 Å². The van der Waals surface area contributed by atoms with Crippen molar-refractivity contribution in [2.75, 3.05) is 0 Å². The minimum absolute atomic E-state index is 0.117. The summed E-state index contributed by atoms with van der Waals surface area (Å²) in [7, 11) is 0. The zero-order valence-electron chi connectivity index (χ0n) is 13.2. The summed E-state index contributed by atoms with van der Waals surface area (Å²) in [5, 5.41) is 19.0. The van der Waals surface area contributed by atoms with Gasteiger partial charge in [0.25, 0.3) is 0 Å². The smallest absolute Gasteiger partial charge is 0.0540 e. The SMILES string of the molecule is CCCCCCCCCCC(O)CCCCC(C)O. The molecule has 0 bridgehead atoms. The van der Waals surface area contributed by atoms with Crippen molar-refractivity contribution in [2.24, 2.45) is 0 Å².